The van der Waals surface area contributed by atoms with Crippen molar-refractivity contribution in [3.05, 3.63) is 12.0 Å². The number of aromatic carboxylic acids is 1. The van der Waals surface area contributed by atoms with E-state index in [2.05, 4.69) is 4.98 Å². The molecule has 1 aromatic heterocycles. The van der Waals surface area contributed by atoms with Crippen molar-refractivity contribution in [3.8, 4) is 0 Å². The highest BCUT2D eigenvalue weighted by Gasteiger charge is 2.19. The molecule has 1 fully saturated rings. The van der Waals surface area contributed by atoms with Crippen LogP contribution in [0.2, 0.25) is 0 Å². The van der Waals surface area contributed by atoms with Gasteiger partial charge in [0.05, 0.1) is 6.10 Å². The Labute approximate surface area is 99.2 Å². The zero-order valence-corrected chi connectivity index (χ0v) is 9.76. The number of likely N-dealkylation sites (N-methyl/N-ethyl adjacent to an activating group) is 1. The Morgan fingerprint density at radius 3 is 3.06 bits per heavy atom. The molecule has 94 valence electrons. The first kappa shape index (κ1) is 11.9. The highest BCUT2D eigenvalue weighted by molar-refractivity contribution is 5.85. The van der Waals surface area contributed by atoms with Gasteiger partial charge in [0.15, 0.2) is 5.69 Å². The van der Waals surface area contributed by atoms with Gasteiger partial charge in [0.25, 0.3) is 6.01 Å². The molecule has 0 amide bonds. The van der Waals surface area contributed by atoms with Crippen LogP contribution in [0.4, 0.5) is 6.01 Å². The van der Waals surface area contributed by atoms with Crippen LogP contribution in [0.5, 0.6) is 0 Å². The Morgan fingerprint density at radius 2 is 2.47 bits per heavy atom. The number of rotatable bonds is 4. The van der Waals surface area contributed by atoms with Gasteiger partial charge in [-0.2, -0.15) is 4.98 Å². The van der Waals surface area contributed by atoms with Crippen molar-refractivity contribution < 1.29 is 19.1 Å². The highest BCUT2D eigenvalue weighted by atomic mass is 16.5. The number of nitrogens with zero attached hydrogens (tertiary/aromatic N) is 2. The Kier molecular flexibility index (Phi) is 3.63. The summed E-state index contributed by atoms with van der Waals surface area (Å²) in [6.07, 6.45) is 4.63. The van der Waals surface area contributed by atoms with Gasteiger partial charge in [-0.05, 0) is 19.3 Å². The summed E-state index contributed by atoms with van der Waals surface area (Å²) in [6.45, 7) is 1.46. The van der Waals surface area contributed by atoms with Crippen LogP contribution >= 0.6 is 0 Å². The van der Waals surface area contributed by atoms with Gasteiger partial charge in [-0.15, -0.1) is 0 Å². The van der Waals surface area contributed by atoms with E-state index in [-0.39, 0.29) is 11.8 Å². The first-order chi connectivity index (χ1) is 8.16. The van der Waals surface area contributed by atoms with Crippen molar-refractivity contribution in [2.24, 2.45) is 0 Å². The molecule has 0 saturated carbocycles. The van der Waals surface area contributed by atoms with E-state index >= 15 is 0 Å². The molecule has 1 N–H and O–H groups in total. The van der Waals surface area contributed by atoms with Gasteiger partial charge in [-0.3, -0.25) is 0 Å². The quantitative estimate of drug-likeness (QED) is 0.856. The summed E-state index contributed by atoms with van der Waals surface area (Å²) >= 11 is 0. The number of carbonyl (C=O) groups is 1. The Hall–Kier alpha value is -1.56. The fourth-order valence-corrected chi connectivity index (χ4v) is 1.87. The van der Waals surface area contributed by atoms with Gasteiger partial charge in [0.2, 0.25) is 0 Å². The molecular weight excluding hydrogens is 224 g/mol. The standard InChI is InChI=1S/C11H16N2O4/c1-13(6-8-4-2-3-5-16-8)11-12-9(7-17-11)10(14)15/h7-8H,2-6H2,1H3,(H,14,15). The van der Waals surface area contributed by atoms with E-state index in [1.165, 1.54) is 6.42 Å². The number of hydrogen-bond donors (Lipinski definition) is 1. The van der Waals surface area contributed by atoms with Crippen molar-refractivity contribution in [2.75, 3.05) is 25.1 Å². The molecule has 0 bridgehead atoms. The van der Waals surface area contributed by atoms with Crippen LogP contribution in [-0.2, 0) is 4.74 Å². The lowest BCUT2D eigenvalue weighted by atomic mass is 10.1. The molecule has 17 heavy (non-hydrogen) atoms. The van der Waals surface area contributed by atoms with Crippen molar-refractivity contribution in [2.45, 2.75) is 25.4 Å². The average Bonchev–Trinajstić information content (AvgIpc) is 2.79. The van der Waals surface area contributed by atoms with Crippen LogP contribution in [-0.4, -0.2) is 42.4 Å². The van der Waals surface area contributed by atoms with Crippen molar-refractivity contribution in [1.82, 2.24) is 4.98 Å². The van der Waals surface area contributed by atoms with E-state index in [9.17, 15) is 4.79 Å². The molecule has 1 aliphatic rings. The minimum absolute atomic E-state index is 0.0728. The third-order valence-electron chi connectivity index (χ3n) is 2.79. The number of carboxylic acids is 1. The molecule has 1 aromatic rings. The third kappa shape index (κ3) is 2.97. The molecule has 0 aromatic carbocycles. The molecule has 1 atom stereocenters. The van der Waals surface area contributed by atoms with Crippen LogP contribution in [0.1, 0.15) is 29.8 Å². The van der Waals surface area contributed by atoms with E-state index < -0.39 is 5.97 Å². The number of aromatic nitrogens is 1. The molecule has 0 aliphatic carbocycles. The molecule has 1 unspecified atom stereocenters. The van der Waals surface area contributed by atoms with Crippen LogP contribution in [0.3, 0.4) is 0 Å². The predicted molar refractivity (Wildman–Crippen MR) is 60.3 cm³/mol. The van der Waals surface area contributed by atoms with Gasteiger partial charge in [-0.25, -0.2) is 4.79 Å². The topological polar surface area (TPSA) is 75.8 Å². The molecule has 0 spiro atoms. The average molecular weight is 240 g/mol. The molecule has 6 heteroatoms. The summed E-state index contributed by atoms with van der Waals surface area (Å²) in [7, 11) is 1.81. The summed E-state index contributed by atoms with van der Waals surface area (Å²) < 4.78 is 10.7. The monoisotopic (exact) mass is 240 g/mol. The molecule has 1 saturated heterocycles. The fraction of sp³-hybridized carbons (Fsp3) is 0.636. The zero-order chi connectivity index (χ0) is 12.3. The first-order valence-corrected chi connectivity index (χ1v) is 5.68. The number of oxazole rings is 1. The summed E-state index contributed by atoms with van der Waals surface area (Å²) in [5.74, 6) is -1.08. The SMILES string of the molecule is CN(CC1CCCCO1)c1nc(C(=O)O)co1. The van der Waals surface area contributed by atoms with Crippen LogP contribution < -0.4 is 4.90 Å². The molecule has 1 aliphatic heterocycles. The predicted octanol–water partition coefficient (Wildman–Crippen LogP) is 1.38. The van der Waals surface area contributed by atoms with Gasteiger partial charge < -0.3 is 19.2 Å². The minimum atomic E-state index is -1.08. The van der Waals surface area contributed by atoms with Crippen molar-refractivity contribution in [1.29, 1.82) is 0 Å². The smallest absolute Gasteiger partial charge is 0.357 e. The number of carboxylic acid groups (broad SMARTS) is 1. The second-order valence-electron chi connectivity index (χ2n) is 4.19. The Morgan fingerprint density at radius 1 is 1.65 bits per heavy atom. The largest absolute Gasteiger partial charge is 0.476 e. The van der Waals surface area contributed by atoms with Gasteiger partial charge in [-0.1, -0.05) is 0 Å². The number of hydrogen-bond acceptors (Lipinski definition) is 5. The van der Waals surface area contributed by atoms with E-state index in [1.807, 2.05) is 7.05 Å². The van der Waals surface area contributed by atoms with Gasteiger partial charge in [0, 0.05) is 20.2 Å². The van der Waals surface area contributed by atoms with E-state index in [0.717, 1.165) is 25.7 Å². The second kappa shape index (κ2) is 5.18. The lowest BCUT2D eigenvalue weighted by molar-refractivity contribution is 0.0211. The lowest BCUT2D eigenvalue weighted by Crippen LogP contribution is -2.33. The zero-order valence-electron chi connectivity index (χ0n) is 9.76. The number of anilines is 1. The summed E-state index contributed by atoms with van der Waals surface area (Å²) in [5.41, 5.74) is -0.0728. The lowest BCUT2D eigenvalue weighted by Gasteiger charge is -2.26. The third-order valence-corrected chi connectivity index (χ3v) is 2.79. The van der Waals surface area contributed by atoms with E-state index in [4.69, 9.17) is 14.3 Å². The molecule has 2 rings (SSSR count). The van der Waals surface area contributed by atoms with Crippen molar-refractivity contribution >= 4 is 12.0 Å². The Bertz CT molecular complexity index is 385. The summed E-state index contributed by atoms with van der Waals surface area (Å²) in [4.78, 5) is 16.3. The molecule has 6 nitrogen and oxygen atoms in total. The Balaban J connectivity index is 1.93. The molecule has 0 radical (unpaired) electrons. The number of ether oxygens (including phenoxy) is 1. The van der Waals surface area contributed by atoms with E-state index in [1.54, 1.807) is 4.90 Å². The van der Waals surface area contributed by atoms with Gasteiger partial charge >= 0.3 is 5.97 Å². The fourth-order valence-electron chi connectivity index (χ4n) is 1.87. The molecule has 2 heterocycles. The van der Waals surface area contributed by atoms with Crippen LogP contribution in [0.25, 0.3) is 0 Å². The second-order valence-corrected chi connectivity index (χ2v) is 4.19. The maximum Gasteiger partial charge on any atom is 0.357 e. The van der Waals surface area contributed by atoms with Gasteiger partial charge in [0.1, 0.15) is 6.26 Å². The van der Waals surface area contributed by atoms with Crippen LogP contribution in [0, 0.1) is 0 Å². The maximum absolute atomic E-state index is 10.7. The van der Waals surface area contributed by atoms with Crippen molar-refractivity contribution in [3.63, 3.8) is 0 Å². The first-order valence-electron chi connectivity index (χ1n) is 5.68. The van der Waals surface area contributed by atoms with E-state index in [0.29, 0.717) is 12.6 Å². The van der Waals surface area contributed by atoms with Crippen LogP contribution in [0.15, 0.2) is 10.7 Å². The maximum atomic E-state index is 10.7. The normalized spacial score (nSPS) is 20.2. The summed E-state index contributed by atoms with van der Waals surface area (Å²) in [5, 5.41) is 8.74. The summed E-state index contributed by atoms with van der Waals surface area (Å²) in [6, 6.07) is 0.316. The minimum Gasteiger partial charge on any atom is -0.476 e. The molecular formula is C11H16N2O4. The highest BCUT2D eigenvalue weighted by Crippen LogP contribution is 2.17.